The quantitative estimate of drug-likeness (QED) is 0.609. The summed E-state index contributed by atoms with van der Waals surface area (Å²) in [6.45, 7) is 2.87. The lowest BCUT2D eigenvalue weighted by Gasteiger charge is -2.12. The lowest BCUT2D eigenvalue weighted by molar-refractivity contribution is -0.384. The number of ether oxygens (including phenoxy) is 1. The maximum Gasteiger partial charge on any atom is 0.271 e. The van der Waals surface area contributed by atoms with Crippen molar-refractivity contribution in [3.63, 3.8) is 0 Å². The highest BCUT2D eigenvalue weighted by atomic mass is 16.6. The second kappa shape index (κ2) is 5.97. The number of aliphatic hydroxyl groups excluding tert-OH is 1. The zero-order valence-electron chi connectivity index (χ0n) is 10.0. The van der Waals surface area contributed by atoms with E-state index in [1.165, 1.54) is 25.1 Å². The Kier molecular flexibility index (Phi) is 4.61. The number of nitro benzene ring substituents is 1. The number of hydrogen-bond acceptors (Lipinski definition) is 5. The highest BCUT2D eigenvalue weighted by Crippen LogP contribution is 2.29. The third-order valence-electron chi connectivity index (χ3n) is 1.96. The molecule has 98 valence electrons. The van der Waals surface area contributed by atoms with Crippen molar-refractivity contribution in [3.8, 4) is 5.75 Å². The largest absolute Gasteiger partial charge is 0.489 e. The lowest BCUT2D eigenvalue weighted by Crippen LogP contribution is -2.15. The summed E-state index contributed by atoms with van der Waals surface area (Å²) in [5.74, 6) is -0.0888. The fourth-order valence-electron chi connectivity index (χ4n) is 1.26. The summed E-state index contributed by atoms with van der Waals surface area (Å²) in [6, 6.07) is 3.85. The smallest absolute Gasteiger partial charge is 0.271 e. The second-order valence-corrected chi connectivity index (χ2v) is 3.78. The van der Waals surface area contributed by atoms with Crippen molar-refractivity contribution in [3.05, 3.63) is 28.3 Å². The normalized spacial score (nSPS) is 11.7. The van der Waals surface area contributed by atoms with E-state index in [-0.39, 0.29) is 29.6 Å². The van der Waals surface area contributed by atoms with E-state index in [1.807, 2.05) is 0 Å². The molecule has 1 aromatic rings. The van der Waals surface area contributed by atoms with Gasteiger partial charge in [0, 0.05) is 19.1 Å². The minimum absolute atomic E-state index is 0.0321. The van der Waals surface area contributed by atoms with Crippen LogP contribution in [0.25, 0.3) is 0 Å². The van der Waals surface area contributed by atoms with E-state index < -0.39 is 11.0 Å². The van der Waals surface area contributed by atoms with Gasteiger partial charge in [-0.1, -0.05) is 0 Å². The van der Waals surface area contributed by atoms with Crippen LogP contribution in [0.1, 0.15) is 13.8 Å². The number of rotatable bonds is 5. The van der Waals surface area contributed by atoms with E-state index in [9.17, 15) is 14.9 Å². The first-order valence-corrected chi connectivity index (χ1v) is 5.27. The molecule has 0 aliphatic carbocycles. The van der Waals surface area contributed by atoms with Gasteiger partial charge in [-0.15, -0.1) is 0 Å². The van der Waals surface area contributed by atoms with Gasteiger partial charge < -0.3 is 15.2 Å². The highest BCUT2D eigenvalue weighted by Gasteiger charge is 2.13. The molecule has 1 unspecified atom stereocenters. The van der Waals surface area contributed by atoms with Gasteiger partial charge in [-0.3, -0.25) is 14.9 Å². The number of non-ortho nitro benzene ring substituents is 1. The van der Waals surface area contributed by atoms with E-state index in [0.29, 0.717) is 0 Å². The van der Waals surface area contributed by atoms with Crippen LogP contribution in [-0.4, -0.2) is 28.6 Å². The highest BCUT2D eigenvalue weighted by molar-refractivity contribution is 5.90. The summed E-state index contributed by atoms with van der Waals surface area (Å²) < 4.78 is 5.25. The fourth-order valence-corrected chi connectivity index (χ4v) is 1.26. The molecule has 0 fully saturated rings. The molecule has 0 aromatic heterocycles. The molecule has 0 saturated carbocycles. The van der Waals surface area contributed by atoms with Crippen LogP contribution in [0.4, 0.5) is 11.4 Å². The summed E-state index contributed by atoms with van der Waals surface area (Å²) in [4.78, 5) is 21.1. The summed E-state index contributed by atoms with van der Waals surface area (Å²) >= 11 is 0. The molecule has 0 heterocycles. The maximum absolute atomic E-state index is 11.0. The first-order valence-electron chi connectivity index (χ1n) is 5.27. The van der Waals surface area contributed by atoms with Crippen molar-refractivity contribution < 1.29 is 19.6 Å². The first kappa shape index (κ1) is 13.9. The fraction of sp³-hybridized carbons (Fsp3) is 0.364. The van der Waals surface area contributed by atoms with Gasteiger partial charge in [-0.05, 0) is 13.0 Å². The molecule has 0 spiro atoms. The van der Waals surface area contributed by atoms with Crippen molar-refractivity contribution in [2.75, 3.05) is 11.9 Å². The molecule has 0 bridgehead atoms. The molecule has 1 amide bonds. The molecule has 1 rings (SSSR count). The number of carbonyl (C=O) groups is 1. The van der Waals surface area contributed by atoms with Crippen molar-refractivity contribution in [2.45, 2.75) is 20.0 Å². The molecule has 0 aliphatic rings. The first-order chi connectivity index (χ1) is 8.40. The van der Waals surface area contributed by atoms with Crippen molar-refractivity contribution in [1.82, 2.24) is 0 Å². The van der Waals surface area contributed by atoms with Gasteiger partial charge >= 0.3 is 0 Å². The van der Waals surface area contributed by atoms with Crippen LogP contribution in [0.3, 0.4) is 0 Å². The van der Waals surface area contributed by atoms with Crippen LogP contribution in [-0.2, 0) is 4.79 Å². The number of amides is 1. The standard InChI is InChI=1S/C11H14N2O5/c1-7(14)6-18-11-4-3-9(13(16)17)5-10(11)12-8(2)15/h3-5,7,14H,6H2,1-2H3,(H,12,15). The minimum atomic E-state index is -0.676. The van der Waals surface area contributed by atoms with E-state index >= 15 is 0 Å². The van der Waals surface area contributed by atoms with E-state index in [0.717, 1.165) is 0 Å². The van der Waals surface area contributed by atoms with Gasteiger partial charge in [0.25, 0.3) is 5.69 Å². The van der Waals surface area contributed by atoms with Crippen molar-refractivity contribution in [2.24, 2.45) is 0 Å². The number of nitro groups is 1. The third kappa shape index (κ3) is 4.02. The second-order valence-electron chi connectivity index (χ2n) is 3.78. The van der Waals surface area contributed by atoms with E-state index in [1.54, 1.807) is 6.92 Å². The number of hydrogen-bond donors (Lipinski definition) is 2. The maximum atomic E-state index is 11.0. The average molecular weight is 254 g/mol. The zero-order chi connectivity index (χ0) is 13.7. The number of benzene rings is 1. The molecule has 0 aliphatic heterocycles. The Morgan fingerprint density at radius 3 is 2.78 bits per heavy atom. The van der Waals surface area contributed by atoms with Gasteiger partial charge in [-0.2, -0.15) is 0 Å². The van der Waals surface area contributed by atoms with Crippen molar-refractivity contribution in [1.29, 1.82) is 0 Å². The van der Waals surface area contributed by atoms with Crippen LogP contribution in [0.5, 0.6) is 5.75 Å². The Balaban J connectivity index is 3.00. The molecular weight excluding hydrogens is 240 g/mol. The van der Waals surface area contributed by atoms with Crippen LogP contribution >= 0.6 is 0 Å². The summed E-state index contributed by atoms with van der Waals surface area (Å²) in [7, 11) is 0. The number of anilines is 1. The molecule has 18 heavy (non-hydrogen) atoms. The minimum Gasteiger partial charge on any atom is -0.489 e. The molecule has 0 saturated heterocycles. The van der Waals surface area contributed by atoms with Gasteiger partial charge in [0.05, 0.1) is 16.7 Å². The molecule has 0 radical (unpaired) electrons. The van der Waals surface area contributed by atoms with E-state index in [4.69, 9.17) is 9.84 Å². The molecule has 1 aromatic carbocycles. The zero-order valence-corrected chi connectivity index (χ0v) is 10.0. The molecular formula is C11H14N2O5. The van der Waals surface area contributed by atoms with Gasteiger partial charge in [0.2, 0.25) is 5.91 Å². The lowest BCUT2D eigenvalue weighted by atomic mass is 10.2. The SMILES string of the molecule is CC(=O)Nc1cc([N+](=O)[O-])ccc1OCC(C)O. The Morgan fingerprint density at radius 2 is 2.28 bits per heavy atom. The topological polar surface area (TPSA) is 102 Å². The van der Waals surface area contributed by atoms with Gasteiger partial charge in [-0.25, -0.2) is 0 Å². The molecule has 1 atom stereocenters. The third-order valence-corrected chi connectivity index (χ3v) is 1.96. The van der Waals surface area contributed by atoms with Gasteiger partial charge in [0.1, 0.15) is 12.4 Å². The van der Waals surface area contributed by atoms with E-state index in [2.05, 4.69) is 5.32 Å². The Bertz CT molecular complexity index is 459. The van der Waals surface area contributed by atoms with Crippen molar-refractivity contribution >= 4 is 17.3 Å². The molecule has 7 nitrogen and oxygen atoms in total. The van der Waals surface area contributed by atoms with Crippen LogP contribution in [0, 0.1) is 10.1 Å². The number of aliphatic hydroxyl groups is 1. The summed E-state index contributed by atoms with van der Waals surface area (Å²) in [6.07, 6.45) is -0.676. The Labute approximate surface area is 104 Å². The average Bonchev–Trinajstić information content (AvgIpc) is 2.26. The Hall–Kier alpha value is -2.15. The summed E-state index contributed by atoms with van der Waals surface area (Å²) in [5.41, 5.74) is 0.0560. The predicted octanol–water partition coefficient (Wildman–Crippen LogP) is 1.31. The number of nitrogens with one attached hydrogen (secondary N) is 1. The number of nitrogens with zero attached hydrogens (tertiary/aromatic N) is 1. The summed E-state index contributed by atoms with van der Waals surface area (Å²) in [5, 5.41) is 22.2. The number of carbonyl (C=O) groups excluding carboxylic acids is 1. The van der Waals surface area contributed by atoms with Crippen LogP contribution in [0.15, 0.2) is 18.2 Å². The van der Waals surface area contributed by atoms with Crippen LogP contribution < -0.4 is 10.1 Å². The molecule has 2 N–H and O–H groups in total. The van der Waals surface area contributed by atoms with Gasteiger partial charge in [0.15, 0.2) is 0 Å². The predicted molar refractivity (Wildman–Crippen MR) is 64.6 cm³/mol. The van der Waals surface area contributed by atoms with Crippen LogP contribution in [0.2, 0.25) is 0 Å². The molecule has 7 heteroatoms. The monoisotopic (exact) mass is 254 g/mol. The Morgan fingerprint density at radius 1 is 1.61 bits per heavy atom.